The monoisotopic (exact) mass is 282 g/mol. The van der Waals surface area contributed by atoms with Crippen LogP contribution in [0.3, 0.4) is 0 Å². The highest BCUT2D eigenvalue weighted by atomic mass is 35.5. The zero-order chi connectivity index (χ0) is 13.1. The molecule has 1 aromatic heterocycles. The summed E-state index contributed by atoms with van der Waals surface area (Å²) in [6, 6.07) is 8.06. The number of nitrogens with zero attached hydrogens (tertiary/aromatic N) is 4. The molecule has 6 heteroatoms. The molecule has 0 fully saturated rings. The molecule has 0 bridgehead atoms. The van der Waals surface area contributed by atoms with E-state index in [0.29, 0.717) is 12.4 Å². The molecule has 1 heterocycles. The molecule has 0 amide bonds. The average Bonchev–Trinajstić information content (AvgIpc) is 2.35. The molecule has 0 radical (unpaired) electrons. The number of hydrogen-bond donors (Lipinski definition) is 0. The van der Waals surface area contributed by atoms with E-state index < -0.39 is 0 Å². The molecule has 0 atom stereocenters. The van der Waals surface area contributed by atoms with Crippen LogP contribution in [-0.4, -0.2) is 21.7 Å². The fraction of sp³-hybridized carbons (Fsp3) is 0.250. The lowest BCUT2D eigenvalue weighted by atomic mass is 10.2. The van der Waals surface area contributed by atoms with Crippen molar-refractivity contribution in [3.8, 4) is 0 Å². The topological polar surface area (TPSA) is 41.9 Å². The molecule has 94 valence electrons. The Labute approximate surface area is 116 Å². The fourth-order valence-corrected chi connectivity index (χ4v) is 2.01. The SMILES string of the molecule is CCN(c1cccc(C)c1)c1nc(Cl)nnc1Cl. The highest BCUT2D eigenvalue weighted by Crippen LogP contribution is 2.29. The molecular weight excluding hydrogens is 271 g/mol. The Hall–Kier alpha value is -1.39. The summed E-state index contributed by atoms with van der Waals surface area (Å²) in [5.41, 5.74) is 2.16. The summed E-state index contributed by atoms with van der Waals surface area (Å²) in [6.07, 6.45) is 0. The Balaban J connectivity index is 2.48. The van der Waals surface area contributed by atoms with E-state index >= 15 is 0 Å². The van der Waals surface area contributed by atoms with Crippen LogP contribution in [-0.2, 0) is 0 Å². The summed E-state index contributed by atoms with van der Waals surface area (Å²) in [7, 11) is 0. The van der Waals surface area contributed by atoms with Crippen molar-refractivity contribution in [3.63, 3.8) is 0 Å². The van der Waals surface area contributed by atoms with Crippen LogP contribution in [0.1, 0.15) is 12.5 Å². The molecule has 0 aliphatic rings. The van der Waals surface area contributed by atoms with Crippen molar-refractivity contribution in [2.45, 2.75) is 13.8 Å². The average molecular weight is 283 g/mol. The van der Waals surface area contributed by atoms with E-state index in [1.54, 1.807) is 0 Å². The number of anilines is 2. The maximum Gasteiger partial charge on any atom is 0.245 e. The summed E-state index contributed by atoms with van der Waals surface area (Å²) >= 11 is 11.8. The van der Waals surface area contributed by atoms with Gasteiger partial charge >= 0.3 is 0 Å². The van der Waals surface area contributed by atoms with Crippen LogP contribution < -0.4 is 4.90 Å². The van der Waals surface area contributed by atoms with Crippen molar-refractivity contribution >= 4 is 34.7 Å². The van der Waals surface area contributed by atoms with E-state index in [1.165, 1.54) is 0 Å². The Morgan fingerprint density at radius 3 is 2.67 bits per heavy atom. The Morgan fingerprint density at radius 2 is 2.00 bits per heavy atom. The third-order valence-electron chi connectivity index (χ3n) is 2.49. The van der Waals surface area contributed by atoms with Crippen LogP contribution in [0.2, 0.25) is 10.4 Å². The van der Waals surface area contributed by atoms with Gasteiger partial charge in [0.2, 0.25) is 5.28 Å². The summed E-state index contributed by atoms with van der Waals surface area (Å²) in [4.78, 5) is 6.08. The normalized spacial score (nSPS) is 10.4. The second-order valence-electron chi connectivity index (χ2n) is 3.78. The maximum absolute atomic E-state index is 6.02. The van der Waals surface area contributed by atoms with Crippen LogP contribution in [0, 0.1) is 6.92 Å². The van der Waals surface area contributed by atoms with Gasteiger partial charge in [0.15, 0.2) is 11.0 Å². The minimum absolute atomic E-state index is 0.0838. The van der Waals surface area contributed by atoms with Crippen LogP contribution in [0.15, 0.2) is 24.3 Å². The molecule has 2 rings (SSSR count). The first kappa shape index (κ1) is 13.1. The van der Waals surface area contributed by atoms with Crippen LogP contribution in [0.25, 0.3) is 0 Å². The number of benzene rings is 1. The number of aromatic nitrogens is 3. The summed E-state index contributed by atoms with van der Waals surface area (Å²) < 4.78 is 0. The quantitative estimate of drug-likeness (QED) is 0.862. The number of halogens is 2. The van der Waals surface area contributed by atoms with Gasteiger partial charge in [0.1, 0.15) is 0 Å². The second-order valence-corrected chi connectivity index (χ2v) is 4.47. The van der Waals surface area contributed by atoms with Gasteiger partial charge in [-0.25, -0.2) is 0 Å². The van der Waals surface area contributed by atoms with E-state index in [2.05, 4.69) is 21.2 Å². The first-order chi connectivity index (χ1) is 8.61. The molecular formula is C12H12Cl2N4. The number of aryl methyl sites for hydroxylation is 1. The van der Waals surface area contributed by atoms with Gasteiger partial charge in [-0.1, -0.05) is 23.7 Å². The molecule has 0 N–H and O–H groups in total. The second kappa shape index (κ2) is 5.50. The molecule has 18 heavy (non-hydrogen) atoms. The minimum Gasteiger partial charge on any atom is -0.324 e. The Kier molecular flexibility index (Phi) is 3.99. The third kappa shape index (κ3) is 2.71. The van der Waals surface area contributed by atoms with Crippen LogP contribution in [0.4, 0.5) is 11.5 Å². The van der Waals surface area contributed by atoms with Crippen LogP contribution >= 0.6 is 23.2 Å². The summed E-state index contributed by atoms with van der Waals surface area (Å²) in [5, 5.41) is 7.71. The molecule has 0 aliphatic heterocycles. The molecule has 0 aliphatic carbocycles. The molecule has 0 saturated heterocycles. The van der Waals surface area contributed by atoms with E-state index in [9.17, 15) is 0 Å². The molecule has 0 saturated carbocycles. The van der Waals surface area contributed by atoms with Gasteiger partial charge in [-0.05, 0) is 43.1 Å². The lowest BCUT2D eigenvalue weighted by Gasteiger charge is -2.22. The van der Waals surface area contributed by atoms with Crippen LogP contribution in [0.5, 0.6) is 0 Å². The smallest absolute Gasteiger partial charge is 0.245 e. The van der Waals surface area contributed by atoms with Gasteiger partial charge in [0.25, 0.3) is 0 Å². The Bertz CT molecular complexity index is 560. The van der Waals surface area contributed by atoms with Gasteiger partial charge < -0.3 is 4.90 Å². The number of rotatable bonds is 3. The number of hydrogen-bond acceptors (Lipinski definition) is 4. The molecule has 4 nitrogen and oxygen atoms in total. The zero-order valence-electron chi connectivity index (χ0n) is 10.1. The van der Waals surface area contributed by atoms with Gasteiger partial charge in [-0.2, -0.15) is 4.98 Å². The third-order valence-corrected chi connectivity index (χ3v) is 2.89. The lowest BCUT2D eigenvalue weighted by Crippen LogP contribution is -2.18. The van der Waals surface area contributed by atoms with Gasteiger partial charge in [0, 0.05) is 12.2 Å². The predicted octanol–water partition coefficient (Wildman–Crippen LogP) is 3.64. The van der Waals surface area contributed by atoms with E-state index in [-0.39, 0.29) is 10.4 Å². The predicted molar refractivity (Wildman–Crippen MR) is 73.7 cm³/mol. The molecule has 2 aromatic rings. The molecule has 0 spiro atoms. The largest absolute Gasteiger partial charge is 0.324 e. The zero-order valence-corrected chi connectivity index (χ0v) is 11.6. The Morgan fingerprint density at radius 1 is 1.22 bits per heavy atom. The fourth-order valence-electron chi connectivity index (χ4n) is 1.71. The molecule has 1 aromatic carbocycles. The summed E-state index contributed by atoms with van der Waals surface area (Å²) in [5.74, 6) is 0.518. The van der Waals surface area contributed by atoms with E-state index in [1.807, 2.05) is 36.9 Å². The first-order valence-corrected chi connectivity index (χ1v) is 6.27. The van der Waals surface area contributed by atoms with Gasteiger partial charge in [-0.3, -0.25) is 0 Å². The van der Waals surface area contributed by atoms with Crippen molar-refractivity contribution in [1.82, 2.24) is 15.2 Å². The highest BCUT2D eigenvalue weighted by Gasteiger charge is 2.15. The van der Waals surface area contributed by atoms with Gasteiger partial charge in [-0.15, -0.1) is 10.2 Å². The van der Waals surface area contributed by atoms with Gasteiger partial charge in [0.05, 0.1) is 0 Å². The van der Waals surface area contributed by atoms with Crippen molar-refractivity contribution in [1.29, 1.82) is 0 Å². The highest BCUT2D eigenvalue weighted by molar-refractivity contribution is 6.32. The minimum atomic E-state index is 0.0838. The molecule has 0 unspecified atom stereocenters. The standard InChI is InChI=1S/C12H12Cl2N4/c1-3-18(9-6-4-5-8(2)7-9)11-10(13)16-17-12(14)15-11/h4-7H,3H2,1-2H3. The van der Waals surface area contributed by atoms with Crippen molar-refractivity contribution in [3.05, 3.63) is 40.3 Å². The first-order valence-electron chi connectivity index (χ1n) is 5.51. The lowest BCUT2D eigenvalue weighted by molar-refractivity contribution is 0.915. The van der Waals surface area contributed by atoms with Crippen molar-refractivity contribution in [2.24, 2.45) is 0 Å². The van der Waals surface area contributed by atoms with E-state index in [0.717, 1.165) is 11.3 Å². The van der Waals surface area contributed by atoms with Crippen molar-refractivity contribution in [2.75, 3.05) is 11.4 Å². The van der Waals surface area contributed by atoms with Crippen molar-refractivity contribution < 1.29 is 0 Å². The maximum atomic E-state index is 6.02. The van der Waals surface area contributed by atoms with E-state index in [4.69, 9.17) is 23.2 Å². The summed E-state index contributed by atoms with van der Waals surface area (Å²) in [6.45, 7) is 4.75.